The minimum Gasteiger partial charge on any atom is -0.338 e. The lowest BCUT2D eigenvalue weighted by atomic mass is 9.94. The van der Waals surface area contributed by atoms with Crippen LogP contribution in [0, 0.1) is 0 Å². The molecule has 114 valence electrons. The maximum Gasteiger partial charge on any atom is 0.188 e. The van der Waals surface area contributed by atoms with E-state index in [1.807, 2.05) is 30.3 Å². The average Bonchev–Trinajstić information content (AvgIpc) is 2.92. The largest absolute Gasteiger partial charge is 0.338 e. The van der Waals surface area contributed by atoms with E-state index in [0.717, 1.165) is 23.4 Å². The number of fused-ring (bicyclic) bond motifs is 2. The molecule has 23 heavy (non-hydrogen) atoms. The first-order valence-electron chi connectivity index (χ1n) is 7.78. The second-order valence-corrected chi connectivity index (χ2v) is 6.92. The predicted octanol–water partition coefficient (Wildman–Crippen LogP) is 4.70. The summed E-state index contributed by atoms with van der Waals surface area (Å²) in [6.45, 7) is 0. The van der Waals surface area contributed by atoms with Crippen molar-refractivity contribution in [3.8, 4) is 0 Å². The first-order chi connectivity index (χ1) is 11.2. The number of nitrogens with zero attached hydrogens (tertiary/aromatic N) is 1. The number of rotatable bonds is 2. The summed E-state index contributed by atoms with van der Waals surface area (Å²) < 4.78 is 0. The van der Waals surface area contributed by atoms with E-state index in [1.165, 1.54) is 21.7 Å². The molecule has 2 aromatic rings. The van der Waals surface area contributed by atoms with Crippen molar-refractivity contribution in [3.05, 3.63) is 87.3 Å². The molecule has 0 aromatic heterocycles. The summed E-state index contributed by atoms with van der Waals surface area (Å²) in [7, 11) is 2.06. The molecule has 1 aliphatic carbocycles. The van der Waals surface area contributed by atoms with Crippen molar-refractivity contribution in [2.75, 3.05) is 7.05 Å². The third-order valence-electron chi connectivity index (χ3n) is 4.36. The highest BCUT2D eigenvalue weighted by Crippen LogP contribution is 2.49. The first kappa shape index (κ1) is 14.3. The van der Waals surface area contributed by atoms with Crippen molar-refractivity contribution in [2.45, 2.75) is 12.8 Å². The van der Waals surface area contributed by atoms with E-state index in [4.69, 9.17) is 0 Å². The van der Waals surface area contributed by atoms with Crippen molar-refractivity contribution in [3.63, 3.8) is 0 Å². The molecule has 3 heteroatoms. The molecule has 1 aliphatic heterocycles. The lowest BCUT2D eigenvalue weighted by Gasteiger charge is -2.23. The number of carbonyl (C=O) groups excluding carboxylic acids is 1. The van der Waals surface area contributed by atoms with Crippen LogP contribution in [0.15, 0.2) is 70.6 Å². The van der Waals surface area contributed by atoms with Gasteiger partial charge in [-0.1, -0.05) is 66.4 Å². The van der Waals surface area contributed by atoms with Crippen molar-refractivity contribution in [1.82, 2.24) is 4.90 Å². The van der Waals surface area contributed by atoms with Crippen molar-refractivity contribution < 1.29 is 4.79 Å². The first-order valence-corrected chi connectivity index (χ1v) is 8.60. The number of hydrogen-bond acceptors (Lipinski definition) is 3. The van der Waals surface area contributed by atoms with Crippen molar-refractivity contribution in [1.29, 1.82) is 0 Å². The number of ketones is 1. The number of benzene rings is 2. The Labute approximate surface area is 140 Å². The van der Waals surface area contributed by atoms with Gasteiger partial charge < -0.3 is 4.90 Å². The van der Waals surface area contributed by atoms with Gasteiger partial charge in [0, 0.05) is 29.2 Å². The van der Waals surface area contributed by atoms with E-state index >= 15 is 0 Å². The number of carbonyl (C=O) groups is 1. The van der Waals surface area contributed by atoms with Gasteiger partial charge in [0.2, 0.25) is 0 Å². The zero-order valence-electron chi connectivity index (χ0n) is 13.0. The predicted molar refractivity (Wildman–Crippen MR) is 95.9 cm³/mol. The van der Waals surface area contributed by atoms with Crippen LogP contribution in [0.1, 0.15) is 27.9 Å². The summed E-state index contributed by atoms with van der Waals surface area (Å²) in [5, 5.41) is 1.01. The van der Waals surface area contributed by atoms with Gasteiger partial charge in [0.15, 0.2) is 5.78 Å². The fraction of sp³-hybridized carbons (Fsp3) is 0.150. The van der Waals surface area contributed by atoms with E-state index in [9.17, 15) is 4.79 Å². The van der Waals surface area contributed by atoms with Gasteiger partial charge in [-0.15, -0.1) is 0 Å². The Morgan fingerprint density at radius 2 is 1.78 bits per heavy atom. The molecule has 0 radical (unpaired) electrons. The fourth-order valence-corrected chi connectivity index (χ4v) is 4.38. The van der Waals surface area contributed by atoms with Gasteiger partial charge in [0.25, 0.3) is 0 Å². The quantitative estimate of drug-likeness (QED) is 0.591. The van der Waals surface area contributed by atoms with Crippen LogP contribution in [-0.4, -0.2) is 17.7 Å². The van der Waals surface area contributed by atoms with Crippen LogP contribution in [0.5, 0.6) is 0 Å². The molecule has 0 fully saturated rings. The Morgan fingerprint density at radius 3 is 2.61 bits per heavy atom. The summed E-state index contributed by atoms with van der Waals surface area (Å²) in [6.07, 6.45) is 3.90. The SMILES string of the molecule is CN1C2=C(CCc3ccccc32)S/C1=C/C(=O)c1ccccc1. The number of allylic oxidation sites excluding steroid dienone is 2. The highest BCUT2D eigenvalue weighted by molar-refractivity contribution is 8.07. The molecule has 0 N–H and O–H groups in total. The third kappa shape index (κ3) is 2.51. The molecule has 0 spiro atoms. The Morgan fingerprint density at radius 1 is 1.04 bits per heavy atom. The minimum absolute atomic E-state index is 0.0630. The maximum atomic E-state index is 12.5. The van der Waals surface area contributed by atoms with Crippen LogP contribution in [0.3, 0.4) is 0 Å². The smallest absolute Gasteiger partial charge is 0.188 e. The lowest BCUT2D eigenvalue weighted by molar-refractivity contribution is 0.104. The van der Waals surface area contributed by atoms with Crippen LogP contribution in [-0.2, 0) is 6.42 Å². The molecule has 0 amide bonds. The third-order valence-corrected chi connectivity index (χ3v) is 5.61. The monoisotopic (exact) mass is 319 g/mol. The molecule has 4 rings (SSSR count). The molecule has 0 bridgehead atoms. The van der Waals surface area contributed by atoms with Gasteiger partial charge in [-0.3, -0.25) is 4.79 Å². The Bertz CT molecular complexity index is 836. The second kappa shape index (κ2) is 5.74. The fourth-order valence-electron chi connectivity index (χ4n) is 3.18. The number of hydrogen-bond donors (Lipinski definition) is 0. The van der Waals surface area contributed by atoms with Crippen molar-refractivity contribution >= 4 is 23.2 Å². The molecule has 0 saturated carbocycles. The molecule has 0 atom stereocenters. The van der Waals surface area contributed by atoms with Crippen LogP contribution in [0.25, 0.3) is 5.70 Å². The van der Waals surface area contributed by atoms with Gasteiger partial charge in [0.1, 0.15) is 0 Å². The summed E-state index contributed by atoms with van der Waals surface area (Å²) in [6, 6.07) is 18.0. The van der Waals surface area contributed by atoms with Gasteiger partial charge >= 0.3 is 0 Å². The van der Waals surface area contributed by atoms with E-state index in [0.29, 0.717) is 0 Å². The molecule has 1 heterocycles. The Hall–Kier alpha value is -2.26. The Kier molecular flexibility index (Phi) is 3.58. The molecule has 0 unspecified atom stereocenters. The summed E-state index contributed by atoms with van der Waals surface area (Å²) >= 11 is 1.74. The van der Waals surface area contributed by atoms with Gasteiger partial charge in [-0.2, -0.15) is 0 Å². The molecule has 2 nitrogen and oxygen atoms in total. The van der Waals surface area contributed by atoms with E-state index in [2.05, 4.69) is 36.2 Å². The zero-order valence-corrected chi connectivity index (χ0v) is 13.8. The number of thioether (sulfide) groups is 1. The second-order valence-electron chi connectivity index (χ2n) is 5.80. The number of aryl methyl sites for hydroxylation is 1. The standard InChI is InChI=1S/C20H17NOS/c1-21-19(13-17(22)15-8-3-2-4-9-15)23-18-12-11-14-7-5-6-10-16(14)20(18)21/h2-10,13H,11-12H2,1H3/b19-13+. The van der Waals surface area contributed by atoms with Gasteiger partial charge in [0.05, 0.1) is 10.7 Å². The van der Waals surface area contributed by atoms with Crippen LogP contribution in [0.4, 0.5) is 0 Å². The van der Waals surface area contributed by atoms with E-state index in [-0.39, 0.29) is 5.78 Å². The summed E-state index contributed by atoms with van der Waals surface area (Å²) in [4.78, 5) is 16.0. The summed E-state index contributed by atoms with van der Waals surface area (Å²) in [5.41, 5.74) is 4.71. The normalized spacial score (nSPS) is 18.1. The lowest BCUT2D eigenvalue weighted by Crippen LogP contribution is -2.14. The molecule has 2 aromatic carbocycles. The zero-order chi connectivity index (χ0) is 15.8. The molecule has 0 saturated heterocycles. The minimum atomic E-state index is 0.0630. The highest BCUT2D eigenvalue weighted by Gasteiger charge is 2.30. The van der Waals surface area contributed by atoms with E-state index in [1.54, 1.807) is 17.8 Å². The maximum absolute atomic E-state index is 12.5. The van der Waals surface area contributed by atoms with Gasteiger partial charge in [-0.05, 0) is 18.4 Å². The van der Waals surface area contributed by atoms with E-state index < -0.39 is 0 Å². The topological polar surface area (TPSA) is 20.3 Å². The summed E-state index contributed by atoms with van der Waals surface area (Å²) in [5.74, 6) is 0.0630. The molecular weight excluding hydrogens is 302 g/mol. The Balaban J connectivity index is 1.67. The van der Waals surface area contributed by atoms with Crippen LogP contribution < -0.4 is 0 Å². The van der Waals surface area contributed by atoms with Crippen molar-refractivity contribution in [2.24, 2.45) is 0 Å². The molecular formula is C20H17NOS. The van der Waals surface area contributed by atoms with Gasteiger partial charge in [-0.25, -0.2) is 0 Å². The highest BCUT2D eigenvalue weighted by atomic mass is 32.2. The van der Waals surface area contributed by atoms with Crippen LogP contribution in [0.2, 0.25) is 0 Å². The van der Waals surface area contributed by atoms with Crippen LogP contribution >= 0.6 is 11.8 Å². The molecule has 2 aliphatic rings. The average molecular weight is 319 g/mol.